The number of carbonyl (C=O) groups excluding carboxylic acids is 1. The molecule has 0 aliphatic rings. The molecule has 0 N–H and O–H groups in total. The fourth-order valence-corrected chi connectivity index (χ4v) is 2.55. The average Bonchev–Trinajstić information content (AvgIpc) is 2.38. The molecule has 1 atom stereocenters. The van der Waals surface area contributed by atoms with Crippen LogP contribution < -0.4 is 4.74 Å². The van der Waals surface area contributed by atoms with Crippen molar-refractivity contribution in [2.24, 2.45) is 0 Å². The molecule has 0 amide bonds. The van der Waals surface area contributed by atoms with Gasteiger partial charge in [0.2, 0.25) is 0 Å². The average molecular weight is 390 g/mol. The lowest BCUT2D eigenvalue weighted by molar-refractivity contribution is 0.0982. The van der Waals surface area contributed by atoms with Gasteiger partial charge in [-0.2, -0.15) is 0 Å². The summed E-state index contributed by atoms with van der Waals surface area (Å²) in [6.07, 6.45) is 0.845. The number of carbonyl (C=O) groups is 1. The van der Waals surface area contributed by atoms with Crippen LogP contribution in [-0.4, -0.2) is 29.0 Å². The largest absolute Gasteiger partial charge is 0.493 e. The minimum atomic E-state index is -0.949. The van der Waals surface area contributed by atoms with Crippen molar-refractivity contribution in [1.82, 2.24) is 0 Å². The van der Waals surface area contributed by atoms with Gasteiger partial charge >= 0.3 is 0 Å². The molecule has 1 unspecified atom stereocenters. The van der Waals surface area contributed by atoms with Gasteiger partial charge in [-0.15, -0.1) is 23.2 Å². The number of ether oxygens (including phenoxy) is 1. The van der Waals surface area contributed by atoms with Gasteiger partial charge in [-0.25, -0.2) is 8.78 Å². The van der Waals surface area contributed by atoms with Crippen molar-refractivity contribution < 1.29 is 18.3 Å². The zero-order valence-electron chi connectivity index (χ0n) is 10.5. The molecule has 0 aromatic heterocycles. The molecule has 0 fully saturated rings. The van der Waals surface area contributed by atoms with Gasteiger partial charge in [-0.1, -0.05) is 15.9 Å². The van der Waals surface area contributed by atoms with Gasteiger partial charge in [0.1, 0.15) is 17.4 Å². The van der Waals surface area contributed by atoms with E-state index in [-0.39, 0.29) is 24.7 Å². The lowest BCUT2D eigenvalue weighted by Crippen LogP contribution is -2.18. The van der Waals surface area contributed by atoms with E-state index in [0.717, 1.165) is 12.1 Å². The maximum absolute atomic E-state index is 13.9. The van der Waals surface area contributed by atoms with Crippen LogP contribution in [0, 0.1) is 11.6 Å². The van der Waals surface area contributed by atoms with Crippen LogP contribution in [0.1, 0.15) is 23.2 Å². The summed E-state index contributed by atoms with van der Waals surface area (Å²) in [5, 5.41) is 0. The molecule has 0 saturated heterocycles. The van der Waals surface area contributed by atoms with Gasteiger partial charge in [0.15, 0.2) is 5.78 Å². The normalized spacial score (nSPS) is 12.2. The smallest absolute Gasteiger partial charge is 0.182 e. The first-order valence-corrected chi connectivity index (χ1v) is 7.91. The van der Waals surface area contributed by atoms with Crippen LogP contribution in [0.4, 0.5) is 8.78 Å². The first-order chi connectivity index (χ1) is 9.51. The molecule has 2 nitrogen and oxygen atoms in total. The van der Waals surface area contributed by atoms with Crippen LogP contribution in [0.5, 0.6) is 5.75 Å². The van der Waals surface area contributed by atoms with E-state index in [4.69, 9.17) is 27.9 Å². The van der Waals surface area contributed by atoms with E-state index in [9.17, 15) is 13.6 Å². The minimum Gasteiger partial charge on any atom is -0.493 e. The second-order valence-corrected chi connectivity index (χ2v) is 5.82. The van der Waals surface area contributed by atoms with Gasteiger partial charge in [-0.3, -0.25) is 4.79 Å². The van der Waals surface area contributed by atoms with Crippen molar-refractivity contribution in [3.05, 3.63) is 29.3 Å². The van der Waals surface area contributed by atoms with Gasteiger partial charge in [-0.05, 0) is 12.8 Å². The Morgan fingerprint density at radius 1 is 1.25 bits per heavy atom. The number of rotatable bonds is 8. The Morgan fingerprint density at radius 3 is 2.35 bits per heavy atom. The zero-order valence-corrected chi connectivity index (χ0v) is 13.6. The van der Waals surface area contributed by atoms with Crippen molar-refractivity contribution >= 4 is 44.9 Å². The third-order valence-electron chi connectivity index (χ3n) is 2.46. The molecule has 0 bridgehead atoms. The molecule has 0 saturated carbocycles. The molecule has 1 aromatic carbocycles. The number of benzene rings is 1. The Kier molecular flexibility index (Phi) is 7.77. The molecule has 0 spiro atoms. The van der Waals surface area contributed by atoms with Crippen LogP contribution in [-0.2, 0) is 0 Å². The highest BCUT2D eigenvalue weighted by Crippen LogP contribution is 2.24. The maximum Gasteiger partial charge on any atom is 0.182 e. The number of hydrogen-bond donors (Lipinski definition) is 0. The summed E-state index contributed by atoms with van der Waals surface area (Å²) in [7, 11) is 0. The molecule has 0 radical (unpaired) electrons. The lowest BCUT2D eigenvalue weighted by atomic mass is 10.1. The number of hydrogen-bond acceptors (Lipinski definition) is 2. The first-order valence-electron chi connectivity index (χ1n) is 5.93. The minimum absolute atomic E-state index is 0.0325. The van der Waals surface area contributed by atoms with E-state index < -0.39 is 27.8 Å². The Balaban J connectivity index is 2.91. The SMILES string of the molecule is O=C(c1c(F)cc(OCCCCl)cc1F)C(Br)CCCl. The molecular weight excluding hydrogens is 377 g/mol. The predicted molar refractivity (Wildman–Crippen MR) is 79.6 cm³/mol. The molecule has 0 aliphatic heterocycles. The van der Waals surface area contributed by atoms with Crippen LogP contribution in [0.25, 0.3) is 0 Å². The van der Waals surface area contributed by atoms with Gasteiger partial charge in [0.05, 0.1) is 17.0 Å². The van der Waals surface area contributed by atoms with Crippen LogP contribution in [0.3, 0.4) is 0 Å². The Morgan fingerprint density at radius 2 is 1.85 bits per heavy atom. The van der Waals surface area contributed by atoms with Crippen molar-refractivity contribution in [3.8, 4) is 5.75 Å². The van der Waals surface area contributed by atoms with Crippen molar-refractivity contribution in [2.75, 3.05) is 18.4 Å². The Bertz CT molecular complexity index is 449. The van der Waals surface area contributed by atoms with Crippen molar-refractivity contribution in [2.45, 2.75) is 17.7 Å². The molecule has 0 heterocycles. The quantitative estimate of drug-likeness (QED) is 0.370. The van der Waals surface area contributed by atoms with Crippen molar-refractivity contribution in [1.29, 1.82) is 0 Å². The summed E-state index contributed by atoms with van der Waals surface area (Å²) in [5.41, 5.74) is -0.582. The number of alkyl halides is 3. The standard InChI is InChI=1S/C13H13BrCl2F2O2/c14-9(2-4-16)13(19)12-10(17)6-8(7-11(12)18)20-5-1-3-15/h6-7,9H,1-5H2. The summed E-state index contributed by atoms with van der Waals surface area (Å²) < 4.78 is 32.8. The number of halogens is 5. The summed E-state index contributed by atoms with van der Waals surface area (Å²) in [4.78, 5) is 11.2. The maximum atomic E-state index is 13.9. The van der Waals surface area contributed by atoms with E-state index in [1.54, 1.807) is 0 Å². The van der Waals surface area contributed by atoms with Gasteiger partial charge < -0.3 is 4.74 Å². The van der Waals surface area contributed by atoms with Crippen LogP contribution >= 0.6 is 39.1 Å². The Labute approximate surface area is 134 Å². The highest BCUT2D eigenvalue weighted by Gasteiger charge is 2.24. The van der Waals surface area contributed by atoms with E-state index in [1.165, 1.54) is 0 Å². The topological polar surface area (TPSA) is 26.3 Å². The monoisotopic (exact) mass is 388 g/mol. The highest BCUT2D eigenvalue weighted by atomic mass is 79.9. The zero-order chi connectivity index (χ0) is 15.1. The van der Waals surface area contributed by atoms with E-state index in [2.05, 4.69) is 15.9 Å². The number of ketones is 1. The number of Topliss-reactive ketones (excluding diaryl/α,β-unsaturated/α-hetero) is 1. The second kappa shape index (κ2) is 8.80. The Hall–Kier alpha value is -0.390. The molecule has 1 rings (SSSR count). The third-order valence-corrected chi connectivity index (χ3v) is 3.81. The summed E-state index contributed by atoms with van der Waals surface area (Å²) in [5.74, 6) is -1.93. The molecule has 112 valence electrons. The molecular formula is C13H13BrCl2F2O2. The molecule has 7 heteroatoms. The molecule has 20 heavy (non-hydrogen) atoms. The lowest BCUT2D eigenvalue weighted by Gasteiger charge is -2.11. The molecule has 1 aromatic rings. The molecule has 0 aliphatic carbocycles. The fraction of sp³-hybridized carbons (Fsp3) is 0.462. The van der Waals surface area contributed by atoms with Gasteiger partial charge in [0.25, 0.3) is 0 Å². The third kappa shape index (κ3) is 4.86. The summed E-state index contributed by atoms with van der Waals surface area (Å²) in [6, 6.07) is 1.98. The highest BCUT2D eigenvalue weighted by molar-refractivity contribution is 9.10. The fourth-order valence-electron chi connectivity index (χ4n) is 1.50. The van der Waals surface area contributed by atoms with E-state index >= 15 is 0 Å². The van der Waals surface area contributed by atoms with Gasteiger partial charge in [0, 0.05) is 23.9 Å². The van der Waals surface area contributed by atoms with Crippen molar-refractivity contribution in [3.63, 3.8) is 0 Å². The van der Waals surface area contributed by atoms with E-state index in [1.807, 2.05) is 0 Å². The summed E-state index contributed by atoms with van der Waals surface area (Å²) >= 11 is 14.0. The predicted octanol–water partition coefficient (Wildman–Crippen LogP) is 4.55. The van der Waals surface area contributed by atoms with Crippen LogP contribution in [0.2, 0.25) is 0 Å². The first kappa shape index (κ1) is 17.7. The van der Waals surface area contributed by atoms with Crippen LogP contribution in [0.15, 0.2) is 12.1 Å². The second-order valence-electron chi connectivity index (χ2n) is 3.96. The summed E-state index contributed by atoms with van der Waals surface area (Å²) in [6.45, 7) is 0.253. The van der Waals surface area contributed by atoms with E-state index in [0.29, 0.717) is 12.3 Å².